The largest absolute Gasteiger partial charge is 0.310 e. The molecule has 0 amide bonds. The van der Waals surface area contributed by atoms with Gasteiger partial charge in [-0.05, 0) is 138 Å². The van der Waals surface area contributed by atoms with Crippen molar-refractivity contribution in [3.05, 3.63) is 181 Å². The second-order valence-electron chi connectivity index (χ2n) is 14.4. The molecule has 0 aliphatic heterocycles. The van der Waals surface area contributed by atoms with Crippen molar-refractivity contribution in [3.63, 3.8) is 0 Å². The first-order valence-corrected chi connectivity index (χ1v) is 18.4. The molecule has 0 radical (unpaired) electrons. The van der Waals surface area contributed by atoms with Crippen LogP contribution in [0.2, 0.25) is 0 Å². The average Bonchev–Trinajstić information content (AvgIpc) is 3.72. The zero-order valence-electron chi connectivity index (χ0n) is 29.6. The van der Waals surface area contributed by atoms with Crippen LogP contribution in [-0.4, -0.2) is 4.98 Å². The van der Waals surface area contributed by atoms with Gasteiger partial charge >= 0.3 is 0 Å². The Bertz CT molecular complexity index is 3100. The SMILES string of the molecule is Cc1ccc(N(c2ccc(C)cc2)c2cc3c(-c4ccccc4)c4c5cccc6c(-c7ccccn7)ccc(c65)c4c4c5ccccc5c(c2)c34)cc1. The fourth-order valence-corrected chi connectivity index (χ4v) is 9.00. The van der Waals surface area contributed by atoms with E-state index in [4.69, 9.17) is 4.98 Å². The third-order valence-corrected chi connectivity index (χ3v) is 11.3. The first kappa shape index (κ1) is 29.9. The summed E-state index contributed by atoms with van der Waals surface area (Å²) in [7, 11) is 0. The summed E-state index contributed by atoms with van der Waals surface area (Å²) in [5.41, 5.74) is 10.6. The van der Waals surface area contributed by atoms with Crippen LogP contribution in [0.1, 0.15) is 11.1 Å². The number of fused-ring (bicyclic) bond motifs is 7. The summed E-state index contributed by atoms with van der Waals surface area (Å²) >= 11 is 0. The fourth-order valence-electron chi connectivity index (χ4n) is 9.00. The van der Waals surface area contributed by atoms with Gasteiger partial charge in [-0.3, -0.25) is 4.98 Å². The minimum atomic E-state index is 0.995. The molecule has 0 saturated carbocycles. The lowest BCUT2D eigenvalue weighted by molar-refractivity contribution is 1.28. The highest BCUT2D eigenvalue weighted by atomic mass is 15.1. The molecule has 1 aromatic heterocycles. The Balaban J connectivity index is 1.36. The smallest absolute Gasteiger partial charge is 0.0708 e. The number of aromatic nitrogens is 1. The Kier molecular flexibility index (Phi) is 6.41. The lowest BCUT2D eigenvalue weighted by atomic mass is 9.90. The van der Waals surface area contributed by atoms with Gasteiger partial charge in [0, 0.05) is 28.8 Å². The third kappa shape index (κ3) is 4.36. The second kappa shape index (κ2) is 11.4. The number of hydrogen-bond donors (Lipinski definition) is 0. The van der Waals surface area contributed by atoms with Crippen molar-refractivity contribution in [2.45, 2.75) is 13.8 Å². The number of rotatable bonds is 5. The lowest BCUT2D eigenvalue weighted by Gasteiger charge is -2.27. The molecular formula is C51H34N2. The molecule has 0 bridgehead atoms. The van der Waals surface area contributed by atoms with Crippen LogP contribution in [0.25, 0.3) is 87.0 Å². The van der Waals surface area contributed by atoms with Gasteiger partial charge in [0.1, 0.15) is 0 Å². The van der Waals surface area contributed by atoms with E-state index in [0.717, 1.165) is 28.3 Å². The van der Waals surface area contributed by atoms with Gasteiger partial charge in [0.2, 0.25) is 0 Å². The van der Waals surface area contributed by atoms with Gasteiger partial charge in [-0.25, -0.2) is 0 Å². The number of pyridine rings is 1. The summed E-state index contributed by atoms with van der Waals surface area (Å²) in [6.45, 7) is 4.30. The van der Waals surface area contributed by atoms with Crippen LogP contribution in [0.5, 0.6) is 0 Å². The van der Waals surface area contributed by atoms with Crippen LogP contribution < -0.4 is 4.90 Å². The van der Waals surface area contributed by atoms with Gasteiger partial charge in [-0.15, -0.1) is 0 Å². The highest BCUT2D eigenvalue weighted by Crippen LogP contribution is 2.55. The van der Waals surface area contributed by atoms with Crippen LogP contribution in [0.15, 0.2) is 170 Å². The number of aryl methyl sites for hydroxylation is 2. The molecule has 0 aliphatic carbocycles. The lowest BCUT2D eigenvalue weighted by Crippen LogP contribution is -2.10. The summed E-state index contributed by atoms with van der Waals surface area (Å²) in [5, 5.41) is 15.6. The summed E-state index contributed by atoms with van der Waals surface area (Å²) in [5.74, 6) is 0. The molecule has 0 aliphatic rings. The normalized spacial score (nSPS) is 12.0. The summed E-state index contributed by atoms with van der Waals surface area (Å²) in [4.78, 5) is 7.21. The van der Waals surface area contributed by atoms with Gasteiger partial charge in [-0.2, -0.15) is 0 Å². The maximum atomic E-state index is 4.79. The molecule has 0 N–H and O–H groups in total. The molecule has 1 heterocycles. The van der Waals surface area contributed by atoms with Gasteiger partial charge < -0.3 is 4.90 Å². The Morgan fingerprint density at radius 1 is 0.377 bits per heavy atom. The van der Waals surface area contributed by atoms with Gasteiger partial charge in [0.05, 0.1) is 5.69 Å². The molecule has 10 aromatic carbocycles. The van der Waals surface area contributed by atoms with E-state index in [1.165, 1.54) is 86.9 Å². The van der Waals surface area contributed by atoms with Crippen LogP contribution in [0.3, 0.4) is 0 Å². The molecule has 0 atom stereocenters. The van der Waals surface area contributed by atoms with Gasteiger partial charge in [0.15, 0.2) is 0 Å². The molecule has 0 unspecified atom stereocenters. The van der Waals surface area contributed by atoms with E-state index in [0.29, 0.717) is 0 Å². The predicted octanol–water partition coefficient (Wildman–Crippen LogP) is 14.3. The molecule has 53 heavy (non-hydrogen) atoms. The van der Waals surface area contributed by atoms with Crippen LogP contribution >= 0.6 is 0 Å². The minimum Gasteiger partial charge on any atom is -0.310 e. The topological polar surface area (TPSA) is 16.1 Å². The van der Waals surface area contributed by atoms with E-state index >= 15 is 0 Å². The Morgan fingerprint density at radius 3 is 1.70 bits per heavy atom. The molecule has 2 nitrogen and oxygen atoms in total. The van der Waals surface area contributed by atoms with E-state index in [2.05, 4.69) is 176 Å². The highest BCUT2D eigenvalue weighted by molar-refractivity contribution is 6.48. The van der Waals surface area contributed by atoms with E-state index in [9.17, 15) is 0 Å². The summed E-state index contributed by atoms with van der Waals surface area (Å²) in [6, 6.07) is 60.4. The Morgan fingerprint density at radius 2 is 0.981 bits per heavy atom. The molecule has 2 heteroatoms. The maximum Gasteiger partial charge on any atom is 0.0708 e. The average molecular weight is 675 g/mol. The molecule has 11 aromatic rings. The zero-order chi connectivity index (χ0) is 35.2. The van der Waals surface area contributed by atoms with Crippen molar-refractivity contribution in [1.82, 2.24) is 4.98 Å². The van der Waals surface area contributed by atoms with E-state index in [1.54, 1.807) is 0 Å². The number of benzene rings is 8. The molecule has 0 spiro atoms. The van der Waals surface area contributed by atoms with Crippen molar-refractivity contribution < 1.29 is 0 Å². The third-order valence-electron chi connectivity index (χ3n) is 11.3. The Hall–Kier alpha value is -6.77. The number of anilines is 3. The summed E-state index contributed by atoms with van der Waals surface area (Å²) in [6.07, 6.45) is 1.89. The molecule has 11 rings (SSSR count). The summed E-state index contributed by atoms with van der Waals surface area (Å²) < 4.78 is 0. The predicted molar refractivity (Wildman–Crippen MR) is 227 cm³/mol. The Labute approximate surface area is 307 Å². The quantitative estimate of drug-likeness (QED) is 0.181. The maximum absolute atomic E-state index is 4.79. The monoisotopic (exact) mass is 674 g/mol. The number of nitrogens with zero attached hydrogens (tertiary/aromatic N) is 2. The molecule has 248 valence electrons. The van der Waals surface area contributed by atoms with E-state index < -0.39 is 0 Å². The molecule has 0 saturated heterocycles. The van der Waals surface area contributed by atoms with E-state index in [1.807, 2.05) is 12.3 Å². The van der Waals surface area contributed by atoms with Crippen LogP contribution in [0, 0.1) is 13.8 Å². The van der Waals surface area contributed by atoms with Crippen molar-refractivity contribution in [1.29, 1.82) is 0 Å². The van der Waals surface area contributed by atoms with Crippen molar-refractivity contribution >= 4 is 81.7 Å². The standard InChI is InChI=1S/C51H34N2/c1-31-18-22-34(23-19-31)53(35-24-20-32(2)21-25-35)36-29-43-37-13-6-7-14-39(37)49-48(43)44(30-36)46(33-11-4-3-5-12-33)50-41-16-10-15-40-38(45-17-8-9-28-52-45)26-27-42(47(40)41)51(49)50/h3-30H,1-2H3. The highest BCUT2D eigenvalue weighted by Gasteiger charge is 2.27. The van der Waals surface area contributed by atoms with Crippen molar-refractivity contribution in [3.8, 4) is 22.4 Å². The van der Waals surface area contributed by atoms with Crippen molar-refractivity contribution in [2.75, 3.05) is 4.90 Å². The van der Waals surface area contributed by atoms with Gasteiger partial charge in [0.25, 0.3) is 0 Å². The van der Waals surface area contributed by atoms with Crippen LogP contribution in [0.4, 0.5) is 17.1 Å². The molecule has 0 fully saturated rings. The van der Waals surface area contributed by atoms with Crippen molar-refractivity contribution in [2.24, 2.45) is 0 Å². The number of hydrogen-bond acceptors (Lipinski definition) is 2. The zero-order valence-corrected chi connectivity index (χ0v) is 29.6. The van der Waals surface area contributed by atoms with Crippen LogP contribution in [-0.2, 0) is 0 Å². The first-order valence-electron chi connectivity index (χ1n) is 18.4. The fraction of sp³-hybridized carbons (Fsp3) is 0.0392. The molecular weight excluding hydrogens is 641 g/mol. The van der Waals surface area contributed by atoms with Gasteiger partial charge in [-0.1, -0.05) is 126 Å². The minimum absolute atomic E-state index is 0.995. The van der Waals surface area contributed by atoms with E-state index in [-0.39, 0.29) is 0 Å². The second-order valence-corrected chi connectivity index (χ2v) is 14.4. The first-order chi connectivity index (χ1) is 26.1.